The Bertz CT molecular complexity index is 510. The van der Waals surface area contributed by atoms with Gasteiger partial charge in [0.2, 0.25) is 7.37 Å². The average molecular weight is 393 g/mol. The maximum atomic E-state index is 13.8. The van der Waals surface area contributed by atoms with Gasteiger partial charge in [-0.1, -0.05) is 26.8 Å². The van der Waals surface area contributed by atoms with Crippen LogP contribution < -0.4 is 0 Å². The van der Waals surface area contributed by atoms with Gasteiger partial charge in [0.05, 0.1) is 12.7 Å². The lowest BCUT2D eigenvalue weighted by Gasteiger charge is -2.42. The summed E-state index contributed by atoms with van der Waals surface area (Å²) in [6, 6.07) is 0. The highest BCUT2D eigenvalue weighted by atomic mass is 31.2. The second-order valence-corrected chi connectivity index (χ2v) is 16.3. The van der Waals surface area contributed by atoms with Gasteiger partial charge in [-0.2, -0.15) is 0 Å². The van der Waals surface area contributed by atoms with Crippen molar-refractivity contribution in [2.45, 2.75) is 90.4 Å². The van der Waals surface area contributed by atoms with E-state index in [0.29, 0.717) is 6.61 Å². The second kappa shape index (κ2) is 7.95. The van der Waals surface area contributed by atoms with E-state index in [9.17, 15) is 4.57 Å². The number of hydrogen-bond acceptors (Lipinski definition) is 5. The summed E-state index contributed by atoms with van der Waals surface area (Å²) in [6.07, 6.45) is 1.30. The van der Waals surface area contributed by atoms with Crippen molar-refractivity contribution in [1.29, 1.82) is 0 Å². The fourth-order valence-corrected chi connectivity index (χ4v) is 7.17. The quantitative estimate of drug-likeness (QED) is 0.315. The van der Waals surface area contributed by atoms with Crippen LogP contribution in [0.3, 0.4) is 0 Å². The van der Waals surface area contributed by atoms with E-state index in [1.807, 2.05) is 27.7 Å². The van der Waals surface area contributed by atoms with Gasteiger partial charge in [-0.25, -0.2) is 0 Å². The zero-order chi connectivity index (χ0) is 19.7. The normalized spacial score (nSPS) is 25.0. The summed E-state index contributed by atoms with van der Waals surface area (Å²) in [5, 5.41) is -0.0168. The molecule has 1 fully saturated rings. The molecule has 1 heterocycles. The van der Waals surface area contributed by atoms with Crippen molar-refractivity contribution in [1.82, 2.24) is 0 Å². The van der Waals surface area contributed by atoms with Gasteiger partial charge in [-0.05, 0) is 45.8 Å². The smallest absolute Gasteiger partial charge is 0.236 e. The number of hydrogen-bond donors (Lipinski definition) is 0. The van der Waals surface area contributed by atoms with Crippen molar-refractivity contribution in [3.63, 3.8) is 0 Å². The van der Waals surface area contributed by atoms with Gasteiger partial charge in [-0.3, -0.25) is 4.57 Å². The lowest BCUT2D eigenvalue weighted by atomic mass is 10.2. The molecule has 1 saturated heterocycles. The zero-order valence-electron chi connectivity index (χ0n) is 17.4. The third-order valence-electron chi connectivity index (χ3n) is 4.73. The maximum absolute atomic E-state index is 13.8. The third-order valence-corrected chi connectivity index (χ3v) is 12.1. The summed E-state index contributed by atoms with van der Waals surface area (Å²) in [7, 11) is -5.36. The third kappa shape index (κ3) is 6.01. The Morgan fingerprint density at radius 2 is 1.92 bits per heavy atom. The first-order valence-corrected chi connectivity index (χ1v) is 13.8. The molecule has 1 rings (SSSR count). The van der Waals surface area contributed by atoms with Crippen LogP contribution in [-0.2, 0) is 23.0 Å². The summed E-state index contributed by atoms with van der Waals surface area (Å²) >= 11 is 0. The predicted octanol–water partition coefficient (Wildman–Crippen LogP) is 5.37. The van der Waals surface area contributed by atoms with Crippen LogP contribution >= 0.6 is 7.37 Å². The largest absolute Gasteiger partial charge is 0.403 e. The Hall–Kier alpha value is 0.0269. The summed E-state index contributed by atoms with van der Waals surface area (Å²) in [4.78, 5) is 0. The minimum absolute atomic E-state index is 0.0168. The van der Waals surface area contributed by atoms with Gasteiger partial charge < -0.3 is 18.4 Å². The molecule has 5 nitrogen and oxygen atoms in total. The summed E-state index contributed by atoms with van der Waals surface area (Å²) in [6.45, 7) is 22.4. The SMILES string of the molecule is C=CCP(=O)(OC(C)C)[C@H](O[Si](C)(C)C(C)(C)C)[C@@H]1COC(C)(C)O1. The van der Waals surface area contributed by atoms with Crippen molar-refractivity contribution in [3.8, 4) is 0 Å². The van der Waals surface area contributed by atoms with Crippen LogP contribution in [0.5, 0.6) is 0 Å². The van der Waals surface area contributed by atoms with Gasteiger partial charge in [-0.15, -0.1) is 6.58 Å². The summed E-state index contributed by atoms with van der Waals surface area (Å²) < 4.78 is 38.1. The lowest BCUT2D eigenvalue weighted by Crippen LogP contribution is -2.48. The molecule has 25 heavy (non-hydrogen) atoms. The molecule has 0 saturated carbocycles. The molecule has 1 unspecified atom stereocenters. The van der Waals surface area contributed by atoms with E-state index in [0.717, 1.165) is 0 Å². The maximum Gasteiger partial charge on any atom is 0.236 e. The molecule has 0 spiro atoms. The highest BCUT2D eigenvalue weighted by molar-refractivity contribution is 7.59. The molecule has 1 aliphatic heterocycles. The molecule has 0 N–H and O–H groups in total. The van der Waals surface area contributed by atoms with Crippen LogP contribution in [0.25, 0.3) is 0 Å². The van der Waals surface area contributed by atoms with Crippen molar-refractivity contribution >= 4 is 15.7 Å². The molecular formula is C18H37O5PSi. The Kier molecular flexibility index (Phi) is 7.34. The molecule has 148 valence electrons. The lowest BCUT2D eigenvalue weighted by molar-refractivity contribution is -0.145. The Morgan fingerprint density at radius 3 is 2.28 bits per heavy atom. The topological polar surface area (TPSA) is 54.0 Å². The van der Waals surface area contributed by atoms with Crippen molar-refractivity contribution < 1.29 is 23.0 Å². The first-order valence-electron chi connectivity index (χ1n) is 9.01. The van der Waals surface area contributed by atoms with Crippen LogP contribution in [0.15, 0.2) is 12.7 Å². The second-order valence-electron chi connectivity index (χ2n) is 8.99. The molecule has 1 aliphatic rings. The Labute approximate surface area is 155 Å². The summed E-state index contributed by atoms with van der Waals surface area (Å²) in [5.41, 5.74) is 0. The van der Waals surface area contributed by atoms with Gasteiger partial charge >= 0.3 is 0 Å². The fraction of sp³-hybridized carbons (Fsp3) is 0.889. The zero-order valence-corrected chi connectivity index (χ0v) is 19.3. The van der Waals surface area contributed by atoms with E-state index < -0.39 is 33.4 Å². The minimum Gasteiger partial charge on any atom is -0.403 e. The van der Waals surface area contributed by atoms with Crippen LogP contribution in [0, 0.1) is 0 Å². The number of allylic oxidation sites excluding steroid dienone is 1. The summed E-state index contributed by atoms with van der Waals surface area (Å²) in [5.74, 6) is -1.37. The first kappa shape index (κ1) is 23.1. The average Bonchev–Trinajstić information content (AvgIpc) is 2.74. The standard InChI is InChI=1S/C18H37O5PSi/c1-11-12-24(19,22-14(2)3)16(15-13-20-18(7,8)21-15)23-25(9,10)17(4,5)6/h11,14-16H,1,12-13H2,2-10H3/t15-,16-,24?/m0/s1. The van der Waals surface area contributed by atoms with Crippen LogP contribution in [0.4, 0.5) is 0 Å². The van der Waals surface area contributed by atoms with E-state index in [2.05, 4.69) is 40.4 Å². The molecule has 7 heteroatoms. The molecule has 0 aromatic rings. The van der Waals surface area contributed by atoms with Crippen LogP contribution in [0.2, 0.25) is 18.1 Å². The van der Waals surface area contributed by atoms with Crippen molar-refractivity contribution in [2.24, 2.45) is 0 Å². The van der Waals surface area contributed by atoms with E-state index in [4.69, 9.17) is 18.4 Å². The number of rotatable bonds is 8. The Morgan fingerprint density at radius 1 is 1.36 bits per heavy atom. The molecule has 0 amide bonds. The highest BCUT2D eigenvalue weighted by Crippen LogP contribution is 2.58. The predicted molar refractivity (Wildman–Crippen MR) is 106 cm³/mol. The van der Waals surface area contributed by atoms with Gasteiger partial charge in [0.25, 0.3) is 0 Å². The molecule has 0 aliphatic carbocycles. The first-order chi connectivity index (χ1) is 11.1. The van der Waals surface area contributed by atoms with Crippen LogP contribution in [0.1, 0.15) is 48.5 Å². The highest BCUT2D eigenvalue weighted by Gasteiger charge is 2.51. The van der Waals surface area contributed by atoms with Gasteiger partial charge in [0.1, 0.15) is 6.10 Å². The fourth-order valence-electron chi connectivity index (χ4n) is 2.49. The van der Waals surface area contributed by atoms with E-state index >= 15 is 0 Å². The number of ether oxygens (including phenoxy) is 2. The minimum atomic E-state index is -3.17. The molecule has 0 aromatic heterocycles. The molecule has 0 radical (unpaired) electrons. The monoisotopic (exact) mass is 392 g/mol. The molecule has 0 aromatic carbocycles. The van der Waals surface area contributed by atoms with E-state index in [1.54, 1.807) is 6.08 Å². The van der Waals surface area contributed by atoms with E-state index in [-0.39, 0.29) is 17.3 Å². The van der Waals surface area contributed by atoms with Crippen molar-refractivity contribution in [2.75, 3.05) is 12.8 Å². The van der Waals surface area contributed by atoms with Crippen molar-refractivity contribution in [3.05, 3.63) is 12.7 Å². The molecule has 0 bridgehead atoms. The Balaban J connectivity index is 3.26. The molecule has 3 atom stereocenters. The molecular weight excluding hydrogens is 355 g/mol. The van der Waals surface area contributed by atoms with E-state index in [1.165, 1.54) is 0 Å². The van der Waals surface area contributed by atoms with Gasteiger partial charge in [0, 0.05) is 6.16 Å². The van der Waals surface area contributed by atoms with Gasteiger partial charge in [0.15, 0.2) is 19.9 Å². The van der Waals surface area contributed by atoms with Crippen LogP contribution in [-0.4, -0.2) is 44.9 Å².